The Labute approximate surface area is 187 Å². The molecular formula is C21H15Br2F2NO4. The van der Waals surface area contributed by atoms with E-state index in [1.54, 1.807) is 19.1 Å². The number of aromatic nitrogens is 1. The smallest absolute Gasteiger partial charge is 0.336 e. The normalized spacial score (nSPS) is 10.8. The van der Waals surface area contributed by atoms with E-state index in [1.165, 1.54) is 12.1 Å². The van der Waals surface area contributed by atoms with Crippen LogP contribution in [-0.4, -0.2) is 16.1 Å². The van der Waals surface area contributed by atoms with Crippen LogP contribution in [0.5, 0.6) is 5.75 Å². The maximum Gasteiger partial charge on any atom is 0.336 e. The number of hydrogen-bond acceptors (Lipinski definition) is 3. The summed E-state index contributed by atoms with van der Waals surface area (Å²) in [5, 5.41) is 9.33. The third-order valence-corrected chi connectivity index (χ3v) is 5.87. The van der Waals surface area contributed by atoms with E-state index >= 15 is 0 Å². The number of H-pyrrole nitrogens is 1. The second-order valence-electron chi connectivity index (χ2n) is 6.52. The lowest BCUT2D eigenvalue weighted by Gasteiger charge is -2.16. The van der Waals surface area contributed by atoms with E-state index in [9.17, 15) is 23.5 Å². The second-order valence-corrected chi connectivity index (χ2v) is 8.17. The first kappa shape index (κ1) is 22.2. The van der Waals surface area contributed by atoms with Gasteiger partial charge in [-0.2, -0.15) is 0 Å². The highest BCUT2D eigenvalue weighted by molar-refractivity contribution is 9.10. The molecule has 3 rings (SSSR count). The van der Waals surface area contributed by atoms with Crippen molar-refractivity contribution in [3.05, 3.63) is 95.3 Å². The summed E-state index contributed by atoms with van der Waals surface area (Å²) in [4.78, 5) is 26.3. The summed E-state index contributed by atoms with van der Waals surface area (Å²) in [6.07, 6.45) is 0.260. The van der Waals surface area contributed by atoms with Crippen molar-refractivity contribution in [1.82, 2.24) is 4.98 Å². The van der Waals surface area contributed by atoms with E-state index in [4.69, 9.17) is 4.74 Å². The molecule has 0 aliphatic heterocycles. The fraction of sp³-hybridized carbons (Fsp3) is 0.143. The molecule has 0 spiro atoms. The van der Waals surface area contributed by atoms with Gasteiger partial charge in [-0.15, -0.1) is 0 Å². The Balaban J connectivity index is 1.99. The van der Waals surface area contributed by atoms with Gasteiger partial charge >= 0.3 is 5.97 Å². The van der Waals surface area contributed by atoms with Gasteiger partial charge in [-0.25, -0.2) is 13.6 Å². The number of rotatable bonds is 6. The number of aromatic carboxylic acids is 1. The lowest BCUT2D eigenvalue weighted by molar-refractivity contribution is 0.0695. The van der Waals surface area contributed by atoms with Gasteiger partial charge in [0.25, 0.3) is 5.56 Å². The Morgan fingerprint density at radius 3 is 2.57 bits per heavy atom. The fourth-order valence-corrected chi connectivity index (χ4v) is 3.78. The average Bonchev–Trinajstić information content (AvgIpc) is 2.68. The minimum absolute atomic E-state index is 0.101. The molecule has 0 radical (unpaired) electrons. The van der Waals surface area contributed by atoms with Gasteiger partial charge in [0.15, 0.2) is 0 Å². The van der Waals surface area contributed by atoms with Crippen molar-refractivity contribution in [2.45, 2.75) is 20.0 Å². The van der Waals surface area contributed by atoms with Crippen molar-refractivity contribution in [2.24, 2.45) is 0 Å². The van der Waals surface area contributed by atoms with Crippen LogP contribution in [0.15, 0.2) is 50.1 Å². The van der Waals surface area contributed by atoms with Crippen molar-refractivity contribution in [3.8, 4) is 5.75 Å². The monoisotopic (exact) mass is 541 g/mol. The highest BCUT2D eigenvalue weighted by atomic mass is 79.9. The zero-order chi connectivity index (χ0) is 22.0. The summed E-state index contributed by atoms with van der Waals surface area (Å²) in [6.45, 7) is 1.47. The summed E-state index contributed by atoms with van der Waals surface area (Å²) in [5.41, 5.74) is 1.61. The van der Waals surface area contributed by atoms with Gasteiger partial charge in [0.2, 0.25) is 0 Å². The molecule has 0 atom stereocenters. The molecule has 5 nitrogen and oxygen atoms in total. The maximum absolute atomic E-state index is 14.0. The molecule has 1 heterocycles. The van der Waals surface area contributed by atoms with Gasteiger partial charge in [-0.3, -0.25) is 4.79 Å². The van der Waals surface area contributed by atoms with Crippen LogP contribution >= 0.6 is 31.9 Å². The van der Waals surface area contributed by atoms with E-state index in [1.807, 2.05) is 0 Å². The fourth-order valence-electron chi connectivity index (χ4n) is 2.91. The van der Waals surface area contributed by atoms with Crippen LogP contribution in [0, 0.1) is 18.6 Å². The van der Waals surface area contributed by atoms with Gasteiger partial charge in [0, 0.05) is 33.8 Å². The quantitative estimate of drug-likeness (QED) is 0.440. The third-order valence-electron chi connectivity index (χ3n) is 4.46. The van der Waals surface area contributed by atoms with E-state index < -0.39 is 23.2 Å². The number of halogens is 4. The van der Waals surface area contributed by atoms with Crippen LogP contribution in [0.2, 0.25) is 0 Å². The number of hydrogen-bond donors (Lipinski definition) is 2. The van der Waals surface area contributed by atoms with Crippen LogP contribution in [0.4, 0.5) is 8.78 Å². The Hall–Kier alpha value is -2.52. The van der Waals surface area contributed by atoms with Crippen molar-refractivity contribution < 1.29 is 23.4 Å². The van der Waals surface area contributed by atoms with E-state index in [0.717, 1.165) is 12.1 Å². The molecule has 0 saturated carbocycles. The molecule has 3 aromatic rings. The number of carboxylic acids is 1. The molecular weight excluding hydrogens is 528 g/mol. The SMILES string of the molecule is Cc1[nH]c(=O)c(Br)c(OCc2ccc(F)cc2F)c1Cc1ccc(Br)c(C(=O)O)c1. The van der Waals surface area contributed by atoms with Crippen molar-refractivity contribution in [1.29, 1.82) is 0 Å². The second kappa shape index (κ2) is 9.09. The molecule has 0 saturated heterocycles. The topological polar surface area (TPSA) is 79.4 Å². The zero-order valence-electron chi connectivity index (χ0n) is 15.6. The first-order valence-electron chi connectivity index (χ1n) is 8.67. The lowest BCUT2D eigenvalue weighted by Crippen LogP contribution is -2.15. The first-order chi connectivity index (χ1) is 14.2. The van der Waals surface area contributed by atoms with Crippen molar-refractivity contribution >= 4 is 37.8 Å². The number of nitrogens with one attached hydrogen (secondary N) is 1. The zero-order valence-corrected chi connectivity index (χ0v) is 18.7. The molecule has 0 unspecified atom stereocenters. The number of ether oxygens (including phenoxy) is 1. The Kier molecular flexibility index (Phi) is 6.72. The van der Waals surface area contributed by atoms with Gasteiger partial charge in [-0.1, -0.05) is 6.07 Å². The van der Waals surface area contributed by atoms with Gasteiger partial charge in [0.05, 0.1) is 5.56 Å². The maximum atomic E-state index is 14.0. The predicted molar refractivity (Wildman–Crippen MR) is 114 cm³/mol. The Bertz CT molecular complexity index is 1190. The molecule has 2 aromatic carbocycles. The third kappa shape index (κ3) is 4.79. The average molecular weight is 543 g/mol. The van der Waals surface area contributed by atoms with Crippen molar-refractivity contribution in [2.75, 3.05) is 0 Å². The van der Waals surface area contributed by atoms with E-state index in [2.05, 4.69) is 36.8 Å². The Morgan fingerprint density at radius 1 is 1.17 bits per heavy atom. The number of benzene rings is 2. The standard InChI is InChI=1S/C21H15Br2F2NO4/c1-10-14(6-11-2-5-16(22)15(7-11)21(28)29)19(18(23)20(27)26-10)30-9-12-3-4-13(24)8-17(12)25/h2-5,7-8H,6,9H2,1H3,(H,26,27)(H,28,29). The molecule has 0 aliphatic carbocycles. The summed E-state index contributed by atoms with van der Waals surface area (Å²) in [5.74, 6) is -2.33. The molecule has 0 bridgehead atoms. The van der Waals surface area contributed by atoms with Crippen LogP contribution in [-0.2, 0) is 13.0 Å². The first-order valence-corrected chi connectivity index (χ1v) is 10.3. The molecule has 156 valence electrons. The number of aryl methyl sites for hydroxylation is 1. The van der Waals surface area contributed by atoms with Crippen LogP contribution in [0.3, 0.4) is 0 Å². The molecule has 0 amide bonds. The number of carbonyl (C=O) groups is 1. The molecule has 0 fully saturated rings. The van der Waals surface area contributed by atoms with E-state index in [-0.39, 0.29) is 34.4 Å². The van der Waals surface area contributed by atoms with Gasteiger partial charge < -0.3 is 14.8 Å². The minimum Gasteiger partial charge on any atom is -0.487 e. The molecule has 0 aliphatic rings. The minimum atomic E-state index is -1.08. The Morgan fingerprint density at radius 2 is 1.90 bits per heavy atom. The summed E-state index contributed by atoms with van der Waals surface area (Å²) < 4.78 is 33.4. The molecule has 2 N–H and O–H groups in total. The number of pyridine rings is 1. The number of aromatic amines is 1. The summed E-state index contributed by atoms with van der Waals surface area (Å²) >= 11 is 6.41. The van der Waals surface area contributed by atoms with Crippen molar-refractivity contribution in [3.63, 3.8) is 0 Å². The summed E-state index contributed by atoms with van der Waals surface area (Å²) in [6, 6.07) is 8.05. The number of carboxylic acid groups (broad SMARTS) is 1. The van der Waals surface area contributed by atoms with Crippen LogP contribution in [0.1, 0.15) is 32.7 Å². The molecule has 30 heavy (non-hydrogen) atoms. The molecule has 9 heteroatoms. The highest BCUT2D eigenvalue weighted by Crippen LogP contribution is 2.31. The van der Waals surface area contributed by atoms with Crippen LogP contribution < -0.4 is 10.3 Å². The van der Waals surface area contributed by atoms with Gasteiger partial charge in [0.1, 0.15) is 28.5 Å². The summed E-state index contributed by atoms with van der Waals surface area (Å²) in [7, 11) is 0. The van der Waals surface area contributed by atoms with E-state index in [0.29, 0.717) is 21.3 Å². The van der Waals surface area contributed by atoms with Gasteiger partial charge in [-0.05, 0) is 68.6 Å². The largest absolute Gasteiger partial charge is 0.487 e. The predicted octanol–water partition coefficient (Wildman–Crippen LogP) is 5.35. The molecule has 1 aromatic heterocycles. The van der Waals surface area contributed by atoms with Crippen LogP contribution in [0.25, 0.3) is 0 Å². The highest BCUT2D eigenvalue weighted by Gasteiger charge is 2.18. The lowest BCUT2D eigenvalue weighted by atomic mass is 10.0.